The van der Waals surface area contributed by atoms with Crippen LogP contribution in [0.25, 0.3) is 0 Å². The SMILES string of the molecule is CCCc1nsc(NCC2CCCN2)n1. The summed E-state index contributed by atoms with van der Waals surface area (Å²) in [5.41, 5.74) is 0. The highest BCUT2D eigenvalue weighted by Crippen LogP contribution is 2.13. The number of hydrogen-bond acceptors (Lipinski definition) is 5. The maximum Gasteiger partial charge on any atom is 0.202 e. The molecule has 5 heteroatoms. The molecule has 0 saturated carbocycles. The lowest BCUT2D eigenvalue weighted by Gasteiger charge is -2.09. The van der Waals surface area contributed by atoms with Gasteiger partial charge in [0.15, 0.2) is 0 Å². The predicted molar refractivity (Wildman–Crippen MR) is 63.4 cm³/mol. The van der Waals surface area contributed by atoms with Crippen molar-refractivity contribution in [2.75, 3.05) is 18.4 Å². The second-order valence-electron chi connectivity index (χ2n) is 3.94. The standard InChI is InChI=1S/C10H18N4S/c1-2-4-9-13-10(15-14-9)12-7-8-5-3-6-11-8/h8,11H,2-7H2,1H3,(H,12,13,14). The molecule has 0 aromatic carbocycles. The van der Waals surface area contributed by atoms with Crippen LogP contribution in [0.5, 0.6) is 0 Å². The highest BCUT2D eigenvalue weighted by Gasteiger charge is 2.14. The van der Waals surface area contributed by atoms with Crippen molar-refractivity contribution in [2.45, 2.75) is 38.6 Å². The van der Waals surface area contributed by atoms with Crippen LogP contribution < -0.4 is 10.6 Å². The third-order valence-corrected chi connectivity index (χ3v) is 3.31. The van der Waals surface area contributed by atoms with E-state index in [2.05, 4.69) is 26.9 Å². The summed E-state index contributed by atoms with van der Waals surface area (Å²) in [5.74, 6) is 0.976. The molecule has 84 valence electrons. The molecule has 1 saturated heterocycles. The van der Waals surface area contributed by atoms with Gasteiger partial charge in [-0.1, -0.05) is 6.92 Å². The van der Waals surface area contributed by atoms with Crippen LogP contribution in [-0.4, -0.2) is 28.5 Å². The Morgan fingerprint density at radius 2 is 2.53 bits per heavy atom. The normalized spacial score (nSPS) is 20.7. The Bertz CT molecular complexity index is 293. The lowest BCUT2D eigenvalue weighted by Crippen LogP contribution is -2.29. The van der Waals surface area contributed by atoms with Crippen LogP contribution >= 0.6 is 11.5 Å². The summed E-state index contributed by atoms with van der Waals surface area (Å²) in [4.78, 5) is 4.43. The molecule has 2 heterocycles. The van der Waals surface area contributed by atoms with Crippen molar-refractivity contribution in [3.63, 3.8) is 0 Å². The second-order valence-corrected chi connectivity index (χ2v) is 4.69. The van der Waals surface area contributed by atoms with E-state index in [-0.39, 0.29) is 0 Å². The summed E-state index contributed by atoms with van der Waals surface area (Å²) in [6.07, 6.45) is 4.66. The van der Waals surface area contributed by atoms with Crippen molar-refractivity contribution >= 4 is 16.7 Å². The van der Waals surface area contributed by atoms with E-state index in [1.807, 2.05) is 0 Å². The number of aryl methyl sites for hydroxylation is 1. The van der Waals surface area contributed by atoms with Crippen molar-refractivity contribution in [2.24, 2.45) is 0 Å². The van der Waals surface area contributed by atoms with Gasteiger partial charge in [-0.05, 0) is 25.8 Å². The first-order valence-electron chi connectivity index (χ1n) is 5.68. The Hall–Kier alpha value is -0.680. The molecule has 15 heavy (non-hydrogen) atoms. The first-order chi connectivity index (χ1) is 7.38. The molecular weight excluding hydrogens is 208 g/mol. The molecule has 0 amide bonds. The highest BCUT2D eigenvalue weighted by molar-refractivity contribution is 7.09. The molecule has 0 bridgehead atoms. The van der Waals surface area contributed by atoms with E-state index < -0.39 is 0 Å². The van der Waals surface area contributed by atoms with E-state index in [0.717, 1.165) is 36.9 Å². The van der Waals surface area contributed by atoms with Crippen LogP contribution in [0.3, 0.4) is 0 Å². The molecule has 1 unspecified atom stereocenters. The van der Waals surface area contributed by atoms with Crippen LogP contribution in [0, 0.1) is 0 Å². The number of rotatable bonds is 5. The van der Waals surface area contributed by atoms with Crippen LogP contribution in [0.2, 0.25) is 0 Å². The molecule has 0 radical (unpaired) electrons. The molecule has 2 N–H and O–H groups in total. The third-order valence-electron chi connectivity index (χ3n) is 2.60. The van der Waals surface area contributed by atoms with Crippen LogP contribution in [0.4, 0.5) is 5.13 Å². The summed E-state index contributed by atoms with van der Waals surface area (Å²) < 4.78 is 4.30. The molecule has 0 spiro atoms. The van der Waals surface area contributed by atoms with Gasteiger partial charge in [0.05, 0.1) is 0 Å². The predicted octanol–water partition coefficient (Wildman–Crippen LogP) is 1.65. The zero-order valence-electron chi connectivity index (χ0n) is 9.12. The van der Waals surface area contributed by atoms with E-state index in [4.69, 9.17) is 0 Å². The Balaban J connectivity index is 1.77. The van der Waals surface area contributed by atoms with Crippen molar-refractivity contribution in [3.05, 3.63) is 5.82 Å². The van der Waals surface area contributed by atoms with Crippen molar-refractivity contribution in [1.82, 2.24) is 14.7 Å². The van der Waals surface area contributed by atoms with Gasteiger partial charge in [-0.25, -0.2) is 4.98 Å². The van der Waals surface area contributed by atoms with Gasteiger partial charge in [0.25, 0.3) is 0 Å². The van der Waals surface area contributed by atoms with E-state index in [0.29, 0.717) is 6.04 Å². The fourth-order valence-electron chi connectivity index (χ4n) is 1.79. The van der Waals surface area contributed by atoms with Gasteiger partial charge in [-0.15, -0.1) is 0 Å². The van der Waals surface area contributed by atoms with Gasteiger partial charge in [0.2, 0.25) is 5.13 Å². The molecular formula is C10H18N4S. The minimum Gasteiger partial charge on any atom is -0.359 e. The third kappa shape index (κ3) is 3.14. The smallest absolute Gasteiger partial charge is 0.202 e. The van der Waals surface area contributed by atoms with Gasteiger partial charge in [0, 0.05) is 30.5 Å². The summed E-state index contributed by atoms with van der Waals surface area (Å²) in [7, 11) is 0. The topological polar surface area (TPSA) is 49.8 Å². The average molecular weight is 226 g/mol. The molecule has 2 rings (SSSR count). The van der Waals surface area contributed by atoms with Gasteiger partial charge in [-0.3, -0.25) is 0 Å². The minimum absolute atomic E-state index is 0.614. The molecule has 1 aromatic heterocycles. The van der Waals surface area contributed by atoms with Crippen LogP contribution in [0.15, 0.2) is 0 Å². The lowest BCUT2D eigenvalue weighted by molar-refractivity contribution is 0.633. The summed E-state index contributed by atoms with van der Waals surface area (Å²) in [6, 6.07) is 0.614. The Kier molecular flexibility index (Phi) is 3.91. The van der Waals surface area contributed by atoms with Gasteiger partial charge in [-0.2, -0.15) is 4.37 Å². The monoisotopic (exact) mass is 226 g/mol. The first kappa shape index (κ1) is 10.8. The highest BCUT2D eigenvalue weighted by atomic mass is 32.1. The first-order valence-corrected chi connectivity index (χ1v) is 6.45. The maximum absolute atomic E-state index is 4.43. The molecule has 1 aliphatic heterocycles. The molecule has 4 nitrogen and oxygen atoms in total. The molecule has 1 fully saturated rings. The zero-order valence-corrected chi connectivity index (χ0v) is 9.94. The molecule has 1 aromatic rings. The summed E-state index contributed by atoms with van der Waals surface area (Å²) in [6.45, 7) is 4.28. The number of nitrogens with one attached hydrogen (secondary N) is 2. The maximum atomic E-state index is 4.43. The largest absolute Gasteiger partial charge is 0.359 e. The van der Waals surface area contributed by atoms with E-state index in [1.54, 1.807) is 0 Å². The number of aromatic nitrogens is 2. The Morgan fingerprint density at radius 1 is 1.60 bits per heavy atom. The molecule has 1 atom stereocenters. The number of hydrogen-bond donors (Lipinski definition) is 2. The summed E-state index contributed by atoms with van der Waals surface area (Å²) in [5, 5.41) is 7.77. The van der Waals surface area contributed by atoms with Crippen molar-refractivity contribution in [3.8, 4) is 0 Å². The number of anilines is 1. The fourth-order valence-corrected chi connectivity index (χ4v) is 2.41. The number of nitrogens with zero attached hydrogens (tertiary/aromatic N) is 2. The van der Waals surface area contributed by atoms with E-state index in [1.165, 1.54) is 24.4 Å². The van der Waals surface area contributed by atoms with Crippen molar-refractivity contribution < 1.29 is 0 Å². The van der Waals surface area contributed by atoms with E-state index in [9.17, 15) is 0 Å². The Labute approximate surface area is 94.7 Å². The van der Waals surface area contributed by atoms with Crippen molar-refractivity contribution in [1.29, 1.82) is 0 Å². The minimum atomic E-state index is 0.614. The van der Waals surface area contributed by atoms with Crippen LogP contribution in [-0.2, 0) is 6.42 Å². The molecule has 1 aliphatic rings. The van der Waals surface area contributed by atoms with Gasteiger partial charge in [0.1, 0.15) is 5.82 Å². The summed E-state index contributed by atoms with van der Waals surface area (Å²) >= 11 is 1.47. The second kappa shape index (κ2) is 5.42. The zero-order chi connectivity index (χ0) is 10.5. The van der Waals surface area contributed by atoms with Gasteiger partial charge < -0.3 is 10.6 Å². The Morgan fingerprint density at radius 3 is 3.27 bits per heavy atom. The quantitative estimate of drug-likeness (QED) is 0.801. The fraction of sp³-hybridized carbons (Fsp3) is 0.800. The lowest BCUT2D eigenvalue weighted by atomic mass is 10.2. The molecule has 0 aliphatic carbocycles. The van der Waals surface area contributed by atoms with Gasteiger partial charge >= 0.3 is 0 Å². The van der Waals surface area contributed by atoms with Crippen LogP contribution in [0.1, 0.15) is 32.0 Å². The average Bonchev–Trinajstić information content (AvgIpc) is 2.85. The van der Waals surface area contributed by atoms with E-state index >= 15 is 0 Å².